The zero-order chi connectivity index (χ0) is 12.9. The summed E-state index contributed by atoms with van der Waals surface area (Å²) in [6, 6.07) is 2.96. The predicted octanol–water partition coefficient (Wildman–Crippen LogP) is 4.38. The van der Waals surface area contributed by atoms with Crippen LogP contribution in [0.1, 0.15) is 31.9 Å². The maximum atomic E-state index is 12.0. The van der Waals surface area contributed by atoms with Crippen molar-refractivity contribution in [3.8, 4) is 5.75 Å². The topological polar surface area (TPSA) is 20.2 Å². The number of aryl methyl sites for hydroxylation is 1. The molecule has 0 amide bonds. The van der Waals surface area contributed by atoms with Gasteiger partial charge in [-0.05, 0) is 36.6 Å². The molecule has 4 heteroatoms. The molecule has 0 fully saturated rings. The first-order chi connectivity index (χ1) is 7.12. The quantitative estimate of drug-likeness (QED) is 0.706. The molecular weight excluding hydrogens is 217 g/mol. The number of hydrogen-bond donors (Lipinski definition) is 1. The number of benzene rings is 1. The summed E-state index contributed by atoms with van der Waals surface area (Å²) in [7, 11) is 0. The maximum absolute atomic E-state index is 12.0. The Morgan fingerprint density at radius 3 is 1.81 bits per heavy atom. The second-order valence-electron chi connectivity index (χ2n) is 4.29. The van der Waals surface area contributed by atoms with Gasteiger partial charge >= 0.3 is 6.18 Å². The molecule has 0 saturated carbocycles. The van der Waals surface area contributed by atoms with E-state index in [1.165, 1.54) is 13.0 Å². The Labute approximate surface area is 93.9 Å². The van der Waals surface area contributed by atoms with Crippen LogP contribution in [0.2, 0.25) is 0 Å². The summed E-state index contributed by atoms with van der Waals surface area (Å²) >= 11 is 0. The molecule has 16 heavy (non-hydrogen) atoms. The third-order valence-corrected chi connectivity index (χ3v) is 1.39. The molecule has 0 aliphatic heterocycles. The van der Waals surface area contributed by atoms with Crippen LogP contribution in [0.4, 0.5) is 13.2 Å². The van der Waals surface area contributed by atoms with Crippen molar-refractivity contribution in [2.24, 2.45) is 5.92 Å². The van der Waals surface area contributed by atoms with E-state index < -0.39 is 11.7 Å². The van der Waals surface area contributed by atoms with Crippen LogP contribution in [0.5, 0.6) is 5.75 Å². The number of phenolic OH excluding ortho intramolecular Hbond substituents is 1. The minimum atomic E-state index is -4.39. The van der Waals surface area contributed by atoms with Crippen LogP contribution in [0.25, 0.3) is 0 Å². The first kappa shape index (κ1) is 14.8. The minimum absolute atomic E-state index is 0.359. The van der Waals surface area contributed by atoms with Gasteiger partial charge in [0.25, 0.3) is 0 Å². The van der Waals surface area contributed by atoms with Crippen molar-refractivity contribution in [3.63, 3.8) is 0 Å². The van der Waals surface area contributed by atoms with E-state index in [1.54, 1.807) is 0 Å². The molecule has 0 aliphatic rings. The lowest BCUT2D eigenvalue weighted by Gasteiger charge is -2.07. The number of aromatic hydroxyl groups is 1. The summed E-state index contributed by atoms with van der Waals surface area (Å²) in [4.78, 5) is 0. The second kappa shape index (κ2) is 5.77. The van der Waals surface area contributed by atoms with Crippen LogP contribution in [0.15, 0.2) is 18.2 Å². The van der Waals surface area contributed by atoms with Crippen LogP contribution in [-0.2, 0) is 6.18 Å². The first-order valence-electron chi connectivity index (χ1n) is 5.00. The predicted molar refractivity (Wildman–Crippen MR) is 58.4 cm³/mol. The summed E-state index contributed by atoms with van der Waals surface area (Å²) in [6.07, 6.45) is -4.39. The summed E-state index contributed by atoms with van der Waals surface area (Å²) in [5.74, 6) is 0.474. The van der Waals surface area contributed by atoms with Gasteiger partial charge in [-0.15, -0.1) is 0 Å². The summed E-state index contributed by atoms with van der Waals surface area (Å²) < 4.78 is 36.1. The molecule has 0 spiro atoms. The van der Waals surface area contributed by atoms with Gasteiger partial charge in [0.15, 0.2) is 0 Å². The highest BCUT2D eigenvalue weighted by Gasteiger charge is 2.30. The third-order valence-electron chi connectivity index (χ3n) is 1.39. The average Bonchev–Trinajstić information content (AvgIpc) is 1.98. The Hall–Kier alpha value is -1.19. The fourth-order valence-corrected chi connectivity index (χ4v) is 0.927. The Morgan fingerprint density at radius 2 is 1.50 bits per heavy atom. The Kier molecular flexibility index (Phi) is 5.35. The number of alkyl halides is 3. The van der Waals surface area contributed by atoms with Crippen molar-refractivity contribution in [1.29, 1.82) is 0 Å². The van der Waals surface area contributed by atoms with E-state index in [0.717, 1.165) is 12.0 Å². The lowest BCUT2D eigenvalue weighted by Crippen LogP contribution is -2.04. The highest BCUT2D eigenvalue weighted by Crippen LogP contribution is 2.31. The molecule has 0 aromatic heterocycles. The molecule has 0 aliphatic carbocycles. The SMILES string of the molecule is CC(C)C.Cc1cc(O)cc(C(F)(F)F)c1. The maximum Gasteiger partial charge on any atom is 0.416 e. The van der Waals surface area contributed by atoms with Crippen LogP contribution in [-0.4, -0.2) is 5.11 Å². The van der Waals surface area contributed by atoms with Crippen LogP contribution in [0, 0.1) is 12.8 Å². The number of hydrogen-bond acceptors (Lipinski definition) is 1. The molecule has 0 atom stereocenters. The normalized spacial score (nSPS) is 11.0. The van der Waals surface area contributed by atoms with Crippen molar-refractivity contribution < 1.29 is 18.3 Å². The van der Waals surface area contributed by atoms with E-state index in [9.17, 15) is 13.2 Å². The first-order valence-corrected chi connectivity index (χ1v) is 5.00. The van der Waals surface area contributed by atoms with Crippen LogP contribution < -0.4 is 0 Å². The van der Waals surface area contributed by atoms with Gasteiger partial charge in [0, 0.05) is 0 Å². The molecule has 0 bridgehead atoms. The molecular formula is C12H17F3O. The van der Waals surface area contributed by atoms with Crippen LogP contribution >= 0.6 is 0 Å². The monoisotopic (exact) mass is 234 g/mol. The standard InChI is InChI=1S/C8H7F3O.C4H10/c1-5-2-6(8(9,10)11)4-7(12)3-5;1-4(2)3/h2-4,12H,1H3;4H,1-3H3. The van der Waals surface area contributed by atoms with E-state index in [0.29, 0.717) is 11.6 Å². The Bertz CT molecular complexity index is 307. The van der Waals surface area contributed by atoms with Gasteiger partial charge in [-0.2, -0.15) is 13.2 Å². The lowest BCUT2D eigenvalue weighted by molar-refractivity contribution is -0.137. The molecule has 0 unspecified atom stereocenters. The van der Waals surface area contributed by atoms with Gasteiger partial charge in [-0.3, -0.25) is 0 Å². The fourth-order valence-electron chi connectivity index (χ4n) is 0.927. The molecule has 0 heterocycles. The third kappa shape index (κ3) is 6.32. The van der Waals surface area contributed by atoms with Gasteiger partial charge in [-0.1, -0.05) is 20.8 Å². The molecule has 1 N–H and O–H groups in total. The van der Waals surface area contributed by atoms with Crippen molar-refractivity contribution >= 4 is 0 Å². The van der Waals surface area contributed by atoms with Crippen LogP contribution in [0.3, 0.4) is 0 Å². The number of phenols is 1. The van der Waals surface area contributed by atoms with E-state index in [2.05, 4.69) is 20.8 Å². The molecule has 0 radical (unpaired) electrons. The number of halogens is 3. The lowest BCUT2D eigenvalue weighted by atomic mass is 10.1. The molecule has 1 rings (SSSR count). The second-order valence-corrected chi connectivity index (χ2v) is 4.29. The Morgan fingerprint density at radius 1 is 1.06 bits per heavy atom. The van der Waals surface area contributed by atoms with E-state index >= 15 is 0 Å². The summed E-state index contributed by atoms with van der Waals surface area (Å²) in [5, 5.41) is 8.86. The van der Waals surface area contributed by atoms with Gasteiger partial charge in [0.2, 0.25) is 0 Å². The zero-order valence-corrected chi connectivity index (χ0v) is 9.89. The van der Waals surface area contributed by atoms with E-state index in [4.69, 9.17) is 5.11 Å². The molecule has 0 saturated heterocycles. The largest absolute Gasteiger partial charge is 0.508 e. The van der Waals surface area contributed by atoms with Gasteiger partial charge < -0.3 is 5.11 Å². The van der Waals surface area contributed by atoms with Crippen molar-refractivity contribution in [3.05, 3.63) is 29.3 Å². The fraction of sp³-hybridized carbons (Fsp3) is 0.500. The summed E-state index contributed by atoms with van der Waals surface area (Å²) in [5.41, 5.74) is -0.428. The highest BCUT2D eigenvalue weighted by molar-refractivity contribution is 5.34. The van der Waals surface area contributed by atoms with Gasteiger partial charge in [0.05, 0.1) is 5.56 Å². The number of rotatable bonds is 0. The molecule has 1 aromatic rings. The highest BCUT2D eigenvalue weighted by atomic mass is 19.4. The van der Waals surface area contributed by atoms with E-state index in [-0.39, 0.29) is 5.75 Å². The van der Waals surface area contributed by atoms with Gasteiger partial charge in [0.1, 0.15) is 5.75 Å². The Balaban J connectivity index is 0.000000487. The van der Waals surface area contributed by atoms with Crippen molar-refractivity contribution in [1.82, 2.24) is 0 Å². The van der Waals surface area contributed by atoms with Gasteiger partial charge in [-0.25, -0.2) is 0 Å². The average molecular weight is 234 g/mol. The smallest absolute Gasteiger partial charge is 0.416 e. The minimum Gasteiger partial charge on any atom is -0.508 e. The molecule has 92 valence electrons. The zero-order valence-electron chi connectivity index (χ0n) is 9.89. The van der Waals surface area contributed by atoms with E-state index in [1.807, 2.05) is 0 Å². The summed E-state index contributed by atoms with van der Waals surface area (Å²) in [6.45, 7) is 8.00. The van der Waals surface area contributed by atoms with Crippen molar-refractivity contribution in [2.45, 2.75) is 33.9 Å². The molecule has 1 aromatic carbocycles. The molecule has 1 nitrogen and oxygen atoms in total. The van der Waals surface area contributed by atoms with Crippen molar-refractivity contribution in [2.75, 3.05) is 0 Å².